The zero-order valence-electron chi connectivity index (χ0n) is 21.7. The van der Waals surface area contributed by atoms with Crippen molar-refractivity contribution in [1.82, 2.24) is 9.39 Å². The monoisotopic (exact) mass is 542 g/mol. The Kier molecular flexibility index (Phi) is 12.0. The molecule has 0 aliphatic heterocycles. The molecule has 0 unspecified atom stereocenters. The second-order valence-corrected chi connectivity index (χ2v) is 12.4. The Hall–Kier alpha value is -1.78. The summed E-state index contributed by atoms with van der Waals surface area (Å²) in [7, 11) is -6.16. The van der Waals surface area contributed by atoms with Crippen LogP contribution in [0, 0.1) is 5.92 Å². The van der Waals surface area contributed by atoms with Crippen molar-refractivity contribution in [2.75, 3.05) is 33.4 Å². The molecular weight excluding hydrogens is 503 g/mol. The number of aliphatic hydroxyl groups excluding tert-OH is 1. The predicted molar refractivity (Wildman–Crippen MR) is 141 cm³/mol. The first-order valence-corrected chi connectivity index (χ1v) is 15.1. The normalized spacial score (nSPS) is 14.2. The smallest absolute Gasteiger partial charge is 0.405 e. The SMILES string of the molecule is CCOP(=O)(N[C@@H](Cc1ccccc1)[C@H](O)CN(CC(C)C)S(=O)(=O)c1ccc(OC)cc1)OCC. The zero-order valence-corrected chi connectivity index (χ0v) is 23.4. The fraction of sp³-hybridized carbons (Fsp3) is 0.520. The summed E-state index contributed by atoms with van der Waals surface area (Å²) in [5, 5.41) is 14.2. The summed E-state index contributed by atoms with van der Waals surface area (Å²) >= 11 is 0. The summed E-state index contributed by atoms with van der Waals surface area (Å²) in [5.74, 6) is 0.544. The van der Waals surface area contributed by atoms with E-state index in [9.17, 15) is 18.1 Å². The standard InChI is InChI=1S/C25H39N2O7PS/c1-6-33-35(29,34-7-2)26-24(17-21-11-9-8-10-12-21)25(28)19-27(18-20(3)4)36(30,31)23-15-13-22(32-5)14-16-23/h8-16,20,24-25,28H,6-7,17-19H2,1-5H3,(H,26,29)/t24-,25+/m0/s1. The average Bonchev–Trinajstić information content (AvgIpc) is 2.84. The van der Waals surface area contributed by atoms with Crippen LogP contribution in [0.3, 0.4) is 0 Å². The van der Waals surface area contributed by atoms with Crippen LogP contribution in [-0.4, -0.2) is 63.4 Å². The maximum absolute atomic E-state index is 13.5. The quantitative estimate of drug-likeness (QED) is 0.305. The van der Waals surface area contributed by atoms with E-state index in [1.54, 1.807) is 26.0 Å². The Bertz CT molecular complexity index is 1060. The van der Waals surface area contributed by atoms with Gasteiger partial charge in [0.05, 0.1) is 31.3 Å². The maximum Gasteiger partial charge on any atom is 0.405 e. The summed E-state index contributed by atoms with van der Waals surface area (Å²) in [6.07, 6.45) is -0.934. The molecule has 2 rings (SSSR count). The first-order valence-electron chi connectivity index (χ1n) is 12.1. The summed E-state index contributed by atoms with van der Waals surface area (Å²) in [4.78, 5) is 0.0954. The van der Waals surface area contributed by atoms with Crippen LogP contribution in [0.1, 0.15) is 33.3 Å². The summed E-state index contributed by atoms with van der Waals surface area (Å²) in [6.45, 7) is 7.46. The number of aliphatic hydroxyl groups is 1. The minimum Gasteiger partial charge on any atom is -0.497 e. The molecule has 11 heteroatoms. The van der Waals surface area contributed by atoms with E-state index in [0.717, 1.165) is 5.56 Å². The molecule has 2 aromatic rings. The van der Waals surface area contributed by atoms with Gasteiger partial charge in [0, 0.05) is 19.1 Å². The molecule has 0 spiro atoms. The molecule has 0 saturated carbocycles. The molecule has 0 aliphatic carbocycles. The molecule has 0 saturated heterocycles. The van der Waals surface area contributed by atoms with Crippen LogP contribution in [0.25, 0.3) is 0 Å². The van der Waals surface area contributed by atoms with E-state index in [1.807, 2.05) is 44.2 Å². The third-order valence-electron chi connectivity index (χ3n) is 5.34. The zero-order chi connectivity index (χ0) is 26.8. The van der Waals surface area contributed by atoms with Gasteiger partial charge in [-0.3, -0.25) is 9.05 Å². The van der Waals surface area contributed by atoms with Gasteiger partial charge < -0.3 is 9.84 Å². The van der Waals surface area contributed by atoms with E-state index in [1.165, 1.54) is 23.5 Å². The first-order chi connectivity index (χ1) is 17.0. The van der Waals surface area contributed by atoms with E-state index in [-0.39, 0.29) is 43.5 Å². The van der Waals surface area contributed by atoms with Gasteiger partial charge in [0.25, 0.3) is 0 Å². The fourth-order valence-electron chi connectivity index (χ4n) is 3.70. The van der Waals surface area contributed by atoms with Gasteiger partial charge in [-0.15, -0.1) is 0 Å². The van der Waals surface area contributed by atoms with Gasteiger partial charge >= 0.3 is 7.75 Å². The highest BCUT2D eigenvalue weighted by molar-refractivity contribution is 7.89. The van der Waals surface area contributed by atoms with Gasteiger partial charge in [0.1, 0.15) is 5.75 Å². The predicted octanol–water partition coefficient (Wildman–Crippen LogP) is 4.08. The van der Waals surface area contributed by atoms with Crippen molar-refractivity contribution in [2.24, 2.45) is 5.92 Å². The molecule has 0 fully saturated rings. The molecule has 202 valence electrons. The van der Waals surface area contributed by atoms with Crippen molar-refractivity contribution in [2.45, 2.75) is 51.2 Å². The lowest BCUT2D eigenvalue weighted by Gasteiger charge is -2.32. The Morgan fingerprint density at radius 1 is 0.972 bits per heavy atom. The summed E-state index contributed by atoms with van der Waals surface area (Å²) < 4.78 is 57.5. The van der Waals surface area contributed by atoms with Crippen molar-refractivity contribution in [1.29, 1.82) is 0 Å². The number of rotatable bonds is 16. The largest absolute Gasteiger partial charge is 0.497 e. The lowest BCUT2D eigenvalue weighted by atomic mass is 10.0. The van der Waals surface area contributed by atoms with Crippen LogP contribution in [0.5, 0.6) is 5.75 Å². The van der Waals surface area contributed by atoms with E-state index in [2.05, 4.69) is 5.09 Å². The minimum absolute atomic E-state index is 0.00343. The first kappa shape index (κ1) is 30.4. The Balaban J connectivity index is 2.37. The van der Waals surface area contributed by atoms with Crippen LogP contribution in [0.2, 0.25) is 0 Å². The van der Waals surface area contributed by atoms with Crippen molar-refractivity contribution in [3.8, 4) is 5.75 Å². The highest BCUT2D eigenvalue weighted by atomic mass is 32.2. The number of methoxy groups -OCH3 is 1. The molecule has 2 N–H and O–H groups in total. The number of nitrogens with zero attached hydrogens (tertiary/aromatic N) is 1. The maximum atomic E-state index is 13.5. The van der Waals surface area contributed by atoms with Gasteiger partial charge in [-0.05, 0) is 56.0 Å². The number of hydrogen-bond donors (Lipinski definition) is 2. The second-order valence-electron chi connectivity index (χ2n) is 8.72. The summed E-state index contributed by atoms with van der Waals surface area (Å²) in [6, 6.07) is 14.7. The van der Waals surface area contributed by atoms with E-state index >= 15 is 0 Å². The topological polar surface area (TPSA) is 114 Å². The van der Waals surface area contributed by atoms with Crippen molar-refractivity contribution < 1.29 is 31.9 Å². The van der Waals surface area contributed by atoms with Crippen molar-refractivity contribution >= 4 is 17.8 Å². The highest BCUT2D eigenvalue weighted by Gasteiger charge is 2.35. The fourth-order valence-corrected chi connectivity index (χ4v) is 6.90. The van der Waals surface area contributed by atoms with Crippen LogP contribution in [0.4, 0.5) is 0 Å². The van der Waals surface area contributed by atoms with E-state index in [0.29, 0.717) is 5.75 Å². The molecule has 0 radical (unpaired) electrons. The second kappa shape index (κ2) is 14.2. The molecule has 0 aliphatic rings. The van der Waals surface area contributed by atoms with Gasteiger partial charge in [-0.25, -0.2) is 18.1 Å². The molecule has 0 heterocycles. The Morgan fingerprint density at radius 3 is 2.06 bits per heavy atom. The van der Waals surface area contributed by atoms with Crippen molar-refractivity contribution in [3.05, 3.63) is 60.2 Å². The van der Waals surface area contributed by atoms with E-state index < -0.39 is 29.9 Å². The molecule has 9 nitrogen and oxygen atoms in total. The molecule has 0 amide bonds. The van der Waals surface area contributed by atoms with Gasteiger partial charge in [0.2, 0.25) is 10.0 Å². The molecule has 2 aromatic carbocycles. The van der Waals surface area contributed by atoms with Gasteiger partial charge in [-0.1, -0.05) is 44.2 Å². The molecule has 36 heavy (non-hydrogen) atoms. The molecule has 0 bridgehead atoms. The Morgan fingerprint density at radius 2 is 1.56 bits per heavy atom. The van der Waals surface area contributed by atoms with Crippen LogP contribution in [-0.2, 0) is 30.1 Å². The summed E-state index contributed by atoms with van der Waals surface area (Å²) in [5.41, 5.74) is 0.877. The highest BCUT2D eigenvalue weighted by Crippen LogP contribution is 2.44. The van der Waals surface area contributed by atoms with Crippen LogP contribution >= 0.6 is 7.75 Å². The molecule has 2 atom stereocenters. The molecular formula is C25H39N2O7PS. The van der Waals surface area contributed by atoms with Crippen LogP contribution < -0.4 is 9.82 Å². The lowest BCUT2D eigenvalue weighted by molar-refractivity contribution is 0.102. The average molecular weight is 543 g/mol. The number of ether oxygens (including phenoxy) is 1. The third-order valence-corrected chi connectivity index (χ3v) is 9.03. The Labute approximate surface area is 215 Å². The third kappa shape index (κ3) is 8.95. The number of benzene rings is 2. The number of hydrogen-bond acceptors (Lipinski definition) is 7. The van der Waals surface area contributed by atoms with Gasteiger partial charge in [0.15, 0.2) is 0 Å². The van der Waals surface area contributed by atoms with Gasteiger partial charge in [-0.2, -0.15) is 4.31 Å². The number of sulfonamides is 1. The van der Waals surface area contributed by atoms with E-state index in [4.69, 9.17) is 13.8 Å². The van der Waals surface area contributed by atoms with Crippen molar-refractivity contribution in [3.63, 3.8) is 0 Å². The minimum atomic E-state index is -3.93. The molecule has 0 aromatic heterocycles. The lowest BCUT2D eigenvalue weighted by Crippen LogP contribution is -2.49. The number of nitrogens with one attached hydrogen (secondary N) is 1. The van der Waals surface area contributed by atoms with Crippen LogP contribution in [0.15, 0.2) is 59.5 Å².